The monoisotopic (exact) mass is 319 g/mol. The zero-order valence-electron chi connectivity index (χ0n) is 14.0. The lowest BCUT2D eigenvalue weighted by Crippen LogP contribution is -2.59. The van der Waals surface area contributed by atoms with Crippen molar-refractivity contribution in [2.24, 2.45) is 0 Å². The average Bonchev–Trinajstić information content (AvgIpc) is 2.59. The number of amides is 2. The Morgan fingerprint density at radius 3 is 2.43 bits per heavy atom. The van der Waals surface area contributed by atoms with Gasteiger partial charge in [0.05, 0.1) is 0 Å². The second-order valence-electron chi connectivity index (χ2n) is 6.20. The van der Waals surface area contributed by atoms with E-state index in [2.05, 4.69) is 5.32 Å². The molecular weight excluding hydrogens is 294 g/mol. The van der Waals surface area contributed by atoms with Crippen molar-refractivity contribution in [3.63, 3.8) is 0 Å². The number of hydrogen-bond donors (Lipinski definition) is 1. The van der Waals surface area contributed by atoms with Gasteiger partial charge < -0.3 is 15.0 Å². The van der Waals surface area contributed by atoms with Gasteiger partial charge in [-0.05, 0) is 19.4 Å². The smallest absolute Gasteiger partial charge is 0.410 e. The minimum absolute atomic E-state index is 0.0573. The van der Waals surface area contributed by atoms with Gasteiger partial charge in [-0.25, -0.2) is 4.79 Å². The van der Waals surface area contributed by atoms with Crippen molar-refractivity contribution in [2.75, 3.05) is 33.2 Å². The van der Waals surface area contributed by atoms with Crippen molar-refractivity contribution in [1.29, 1.82) is 0 Å². The predicted molar refractivity (Wildman–Crippen MR) is 87.9 cm³/mol. The molecule has 126 valence electrons. The largest absolute Gasteiger partial charge is 0.445 e. The molecule has 0 unspecified atom stereocenters. The van der Waals surface area contributed by atoms with E-state index in [1.807, 2.05) is 30.3 Å². The highest BCUT2D eigenvalue weighted by molar-refractivity contribution is 5.89. The molecule has 0 saturated carbocycles. The Morgan fingerprint density at radius 1 is 1.22 bits per heavy atom. The van der Waals surface area contributed by atoms with Gasteiger partial charge in [-0.2, -0.15) is 0 Å². The molecule has 6 nitrogen and oxygen atoms in total. The van der Waals surface area contributed by atoms with Crippen LogP contribution in [0.2, 0.25) is 0 Å². The van der Waals surface area contributed by atoms with Crippen LogP contribution in [0.4, 0.5) is 4.79 Å². The number of hydrogen-bond acceptors (Lipinski definition) is 4. The lowest BCUT2D eigenvalue weighted by Gasteiger charge is -2.39. The lowest BCUT2D eigenvalue weighted by molar-refractivity contribution is -0.141. The maximum atomic E-state index is 12.7. The van der Waals surface area contributed by atoms with Crippen LogP contribution in [-0.2, 0) is 16.1 Å². The van der Waals surface area contributed by atoms with E-state index in [1.165, 1.54) is 4.90 Å². The molecule has 1 aliphatic rings. The fraction of sp³-hybridized carbons (Fsp3) is 0.529. The molecule has 2 rings (SSSR count). The zero-order valence-corrected chi connectivity index (χ0v) is 14.0. The van der Waals surface area contributed by atoms with Crippen LogP contribution < -0.4 is 5.32 Å². The van der Waals surface area contributed by atoms with Crippen molar-refractivity contribution < 1.29 is 14.3 Å². The van der Waals surface area contributed by atoms with Gasteiger partial charge in [0.1, 0.15) is 12.1 Å². The molecule has 1 aromatic rings. The lowest BCUT2D eigenvalue weighted by atomic mass is 10.0. The van der Waals surface area contributed by atoms with E-state index < -0.39 is 11.6 Å². The Morgan fingerprint density at radius 2 is 1.83 bits per heavy atom. The zero-order chi connectivity index (χ0) is 16.9. The molecule has 0 bridgehead atoms. The Bertz CT molecular complexity index is 539. The summed E-state index contributed by atoms with van der Waals surface area (Å²) in [6.45, 7) is 6.59. The van der Waals surface area contributed by atoms with Crippen molar-refractivity contribution in [3.05, 3.63) is 35.9 Å². The van der Waals surface area contributed by atoms with E-state index in [1.54, 1.807) is 25.8 Å². The van der Waals surface area contributed by atoms with Gasteiger partial charge in [0, 0.05) is 33.2 Å². The molecule has 6 heteroatoms. The van der Waals surface area contributed by atoms with E-state index in [9.17, 15) is 9.59 Å². The van der Waals surface area contributed by atoms with E-state index >= 15 is 0 Å². The van der Waals surface area contributed by atoms with Crippen molar-refractivity contribution in [1.82, 2.24) is 15.1 Å². The minimum atomic E-state index is -0.939. The summed E-state index contributed by atoms with van der Waals surface area (Å²) in [7, 11) is 1.60. The molecule has 0 aromatic heterocycles. The van der Waals surface area contributed by atoms with Gasteiger partial charge in [0.15, 0.2) is 0 Å². The highest BCUT2D eigenvalue weighted by Gasteiger charge is 2.39. The van der Waals surface area contributed by atoms with Crippen LogP contribution in [0.15, 0.2) is 30.3 Å². The molecule has 1 heterocycles. The topological polar surface area (TPSA) is 61.9 Å². The highest BCUT2D eigenvalue weighted by atomic mass is 16.6. The van der Waals surface area contributed by atoms with Crippen molar-refractivity contribution >= 4 is 12.0 Å². The Hall–Kier alpha value is -2.08. The number of likely N-dealkylation sites (N-methyl/N-ethyl adjacent to an activating group) is 1. The van der Waals surface area contributed by atoms with Crippen LogP contribution in [0.3, 0.4) is 0 Å². The molecule has 1 saturated heterocycles. The van der Waals surface area contributed by atoms with Crippen LogP contribution in [0, 0.1) is 0 Å². The molecular formula is C17H25N3O3. The molecule has 1 N–H and O–H groups in total. The van der Waals surface area contributed by atoms with E-state index in [-0.39, 0.29) is 12.5 Å². The highest BCUT2D eigenvalue weighted by Crippen LogP contribution is 2.18. The Labute approximate surface area is 137 Å². The quantitative estimate of drug-likeness (QED) is 0.913. The maximum absolute atomic E-state index is 12.7. The number of carbonyl (C=O) groups excluding carboxylic acids is 2. The van der Waals surface area contributed by atoms with Gasteiger partial charge in [-0.1, -0.05) is 30.3 Å². The van der Waals surface area contributed by atoms with Crippen LogP contribution >= 0.6 is 0 Å². The van der Waals surface area contributed by atoms with Gasteiger partial charge >= 0.3 is 6.09 Å². The molecule has 0 atom stereocenters. The van der Waals surface area contributed by atoms with Crippen molar-refractivity contribution in [3.8, 4) is 0 Å². The summed E-state index contributed by atoms with van der Waals surface area (Å²) in [6.07, 6.45) is -0.498. The Balaban J connectivity index is 1.94. The molecule has 0 aliphatic carbocycles. The number of carbonyl (C=O) groups is 2. The van der Waals surface area contributed by atoms with Crippen molar-refractivity contribution in [2.45, 2.75) is 26.0 Å². The molecule has 1 aliphatic heterocycles. The second kappa shape index (κ2) is 7.46. The number of benzene rings is 1. The van der Waals surface area contributed by atoms with Gasteiger partial charge in [-0.3, -0.25) is 9.69 Å². The van der Waals surface area contributed by atoms with E-state index in [0.29, 0.717) is 13.1 Å². The molecule has 2 amide bonds. The molecule has 23 heavy (non-hydrogen) atoms. The average molecular weight is 319 g/mol. The first-order chi connectivity index (χ1) is 10.9. The van der Waals surface area contributed by atoms with Crippen LogP contribution in [0.5, 0.6) is 0 Å². The first kappa shape index (κ1) is 17.3. The van der Waals surface area contributed by atoms with Gasteiger partial charge in [0.25, 0.3) is 0 Å². The maximum Gasteiger partial charge on any atom is 0.410 e. The normalized spacial score (nSPS) is 15.2. The van der Waals surface area contributed by atoms with Crippen LogP contribution in [-0.4, -0.2) is 60.6 Å². The van der Waals surface area contributed by atoms with Gasteiger partial charge in [0.2, 0.25) is 5.91 Å². The summed E-state index contributed by atoms with van der Waals surface area (Å²) < 4.78 is 5.32. The van der Waals surface area contributed by atoms with E-state index in [4.69, 9.17) is 4.74 Å². The van der Waals surface area contributed by atoms with Gasteiger partial charge in [-0.15, -0.1) is 0 Å². The third kappa shape index (κ3) is 4.22. The number of rotatable bonds is 4. The molecule has 0 radical (unpaired) electrons. The summed E-state index contributed by atoms with van der Waals surface area (Å²) in [5, 5.41) is 3.21. The predicted octanol–water partition coefficient (Wildman–Crippen LogP) is 1.47. The summed E-state index contributed by atoms with van der Waals surface area (Å²) in [5.74, 6) is -0.0573. The molecule has 1 fully saturated rings. The second-order valence-corrected chi connectivity index (χ2v) is 6.20. The summed E-state index contributed by atoms with van der Waals surface area (Å²) >= 11 is 0. The molecule has 1 aromatic carbocycles. The SMILES string of the molecule is CN(C(=O)OCc1ccccc1)C(C)(C)C(=O)N1CCNCC1. The summed E-state index contributed by atoms with van der Waals surface area (Å²) in [5.41, 5.74) is -0.0223. The number of piperazine rings is 1. The minimum Gasteiger partial charge on any atom is -0.445 e. The summed E-state index contributed by atoms with van der Waals surface area (Å²) in [4.78, 5) is 28.1. The standard InChI is InChI=1S/C17H25N3O3/c1-17(2,15(21)20-11-9-18-10-12-20)19(3)16(22)23-13-14-7-5-4-6-8-14/h4-8,18H,9-13H2,1-3H3. The third-order valence-corrected chi connectivity index (χ3v) is 4.25. The first-order valence-corrected chi connectivity index (χ1v) is 7.87. The third-order valence-electron chi connectivity index (χ3n) is 4.25. The fourth-order valence-electron chi connectivity index (χ4n) is 2.44. The molecule has 0 spiro atoms. The van der Waals surface area contributed by atoms with Crippen LogP contribution in [0.25, 0.3) is 0 Å². The van der Waals surface area contributed by atoms with Crippen LogP contribution in [0.1, 0.15) is 19.4 Å². The number of nitrogens with one attached hydrogen (secondary N) is 1. The first-order valence-electron chi connectivity index (χ1n) is 7.87. The summed E-state index contributed by atoms with van der Waals surface area (Å²) in [6, 6.07) is 9.48. The Kier molecular flexibility index (Phi) is 5.60. The van der Waals surface area contributed by atoms with E-state index in [0.717, 1.165) is 18.7 Å². The number of nitrogens with zero attached hydrogens (tertiary/aromatic N) is 2. The fourth-order valence-corrected chi connectivity index (χ4v) is 2.44. The number of ether oxygens (including phenoxy) is 1.